The summed E-state index contributed by atoms with van der Waals surface area (Å²) >= 11 is 6.04. The fourth-order valence-corrected chi connectivity index (χ4v) is 6.59. The third-order valence-electron chi connectivity index (χ3n) is 9.22. The number of ether oxygens (including phenoxy) is 1. The molecule has 3 fully saturated rings. The molecule has 52 heavy (non-hydrogen) atoms. The molecule has 0 radical (unpaired) electrons. The van der Waals surface area contributed by atoms with Crippen molar-refractivity contribution in [3.05, 3.63) is 94.8 Å². The lowest BCUT2D eigenvalue weighted by molar-refractivity contribution is -0.154. The quantitative estimate of drug-likeness (QED) is 0.147. The molecule has 2 aliphatic heterocycles. The van der Waals surface area contributed by atoms with Gasteiger partial charge >= 0.3 is 24.0 Å². The highest BCUT2D eigenvalue weighted by Gasteiger charge is 2.46. The van der Waals surface area contributed by atoms with Gasteiger partial charge in [0.15, 0.2) is 6.61 Å². The van der Waals surface area contributed by atoms with Crippen LogP contribution in [0.15, 0.2) is 72.8 Å². The number of fused-ring (bicyclic) bond motifs is 1. The molecular weight excluding hydrogens is 708 g/mol. The molecule has 2 unspecified atom stereocenters. The van der Waals surface area contributed by atoms with Crippen LogP contribution in [0.5, 0.6) is 6.01 Å². The van der Waals surface area contributed by atoms with E-state index in [9.17, 15) is 31.9 Å². The van der Waals surface area contributed by atoms with E-state index in [2.05, 4.69) is 30.9 Å². The van der Waals surface area contributed by atoms with Gasteiger partial charge in [0.1, 0.15) is 5.82 Å². The van der Waals surface area contributed by atoms with Gasteiger partial charge in [-0.3, -0.25) is 14.4 Å². The number of carbonyl (C=O) groups is 3. The SMILES string of the molecule is O=C(Nc1ccc(F)cc1)C(=O)N1CC2CN(C(=O)c3ccc(Nc4nc(NC5(c6ccc(Cl)cc6)CC5)nc(OCC(F)(F)F)n4)cc3)CC2C1. The van der Waals surface area contributed by atoms with E-state index in [1.54, 1.807) is 41.3 Å². The number of nitrogens with one attached hydrogen (secondary N) is 3. The molecule has 12 nitrogen and oxygen atoms in total. The number of anilines is 4. The van der Waals surface area contributed by atoms with Gasteiger partial charge in [-0.1, -0.05) is 23.7 Å². The summed E-state index contributed by atoms with van der Waals surface area (Å²) < 4.78 is 56.9. The minimum absolute atomic E-state index is 0.00216. The number of alkyl halides is 3. The highest BCUT2D eigenvalue weighted by atomic mass is 35.5. The molecule has 3 aromatic carbocycles. The molecule has 1 saturated carbocycles. The van der Waals surface area contributed by atoms with Crippen LogP contribution in [0, 0.1) is 17.7 Å². The maximum atomic E-state index is 13.4. The van der Waals surface area contributed by atoms with Crippen molar-refractivity contribution in [3.63, 3.8) is 0 Å². The van der Waals surface area contributed by atoms with E-state index in [-0.39, 0.29) is 29.6 Å². The van der Waals surface area contributed by atoms with E-state index >= 15 is 0 Å². The number of benzene rings is 3. The second kappa shape index (κ2) is 13.9. The Balaban J connectivity index is 0.971. The molecule has 2 atom stereocenters. The largest absolute Gasteiger partial charge is 0.454 e. The molecule has 4 aromatic rings. The third kappa shape index (κ3) is 8.01. The Morgan fingerprint density at radius 1 is 0.808 bits per heavy atom. The minimum atomic E-state index is -4.61. The average Bonchev–Trinajstić information content (AvgIpc) is 3.61. The molecular formula is C35H31ClF4N8O4. The molecule has 3 amide bonds. The first-order valence-electron chi connectivity index (χ1n) is 16.3. The standard InChI is InChI=1S/C35H31ClF4N8O4/c36-24-5-3-23(4-6-24)34(13-14-34)46-32-43-31(44-33(45-32)52-19-35(38,39)40)42-27-9-1-20(2-10-27)29(50)47-15-21-17-48(18-22(21)16-47)30(51)28(49)41-26-11-7-25(37)8-12-26/h1-12,21-22H,13-19H2,(H,41,49)(H2,42,43,44,45,46). The number of rotatable bonds is 9. The molecule has 2 saturated heterocycles. The van der Waals surface area contributed by atoms with Crippen LogP contribution in [0.3, 0.4) is 0 Å². The van der Waals surface area contributed by atoms with Crippen molar-refractivity contribution in [3.8, 4) is 6.01 Å². The highest BCUT2D eigenvalue weighted by molar-refractivity contribution is 6.39. The fourth-order valence-electron chi connectivity index (χ4n) is 6.47. The summed E-state index contributed by atoms with van der Waals surface area (Å²) in [4.78, 5) is 54.3. The second-order valence-corrected chi connectivity index (χ2v) is 13.4. The Kier molecular flexibility index (Phi) is 9.33. The summed E-state index contributed by atoms with van der Waals surface area (Å²) in [7, 11) is 0. The van der Waals surface area contributed by atoms with E-state index in [1.807, 2.05) is 12.1 Å². The van der Waals surface area contributed by atoms with Crippen LogP contribution in [0.4, 0.5) is 40.8 Å². The van der Waals surface area contributed by atoms with Crippen LogP contribution in [0.2, 0.25) is 5.02 Å². The van der Waals surface area contributed by atoms with Gasteiger partial charge in [-0.05, 0) is 79.1 Å². The Morgan fingerprint density at radius 3 is 2.02 bits per heavy atom. The van der Waals surface area contributed by atoms with Crippen molar-refractivity contribution >= 4 is 52.6 Å². The predicted molar refractivity (Wildman–Crippen MR) is 182 cm³/mol. The van der Waals surface area contributed by atoms with Crippen molar-refractivity contribution < 1.29 is 36.7 Å². The summed E-state index contributed by atoms with van der Waals surface area (Å²) in [5, 5.41) is 9.22. The zero-order chi connectivity index (χ0) is 36.6. The normalized spacial score (nSPS) is 18.8. The second-order valence-electron chi connectivity index (χ2n) is 13.0. The Hall–Kier alpha value is -5.51. The highest BCUT2D eigenvalue weighted by Crippen LogP contribution is 2.48. The van der Waals surface area contributed by atoms with Gasteiger partial charge in [0, 0.05) is 60.0 Å². The molecule has 1 aliphatic carbocycles. The van der Waals surface area contributed by atoms with Crippen molar-refractivity contribution in [1.29, 1.82) is 0 Å². The summed E-state index contributed by atoms with van der Waals surface area (Å²) in [6.07, 6.45) is -3.13. The number of likely N-dealkylation sites (tertiary alicyclic amines) is 2. The summed E-state index contributed by atoms with van der Waals surface area (Å²) in [6.45, 7) is -0.123. The topological polar surface area (TPSA) is 142 Å². The van der Waals surface area contributed by atoms with Crippen LogP contribution in [0.1, 0.15) is 28.8 Å². The zero-order valence-corrected chi connectivity index (χ0v) is 28.0. The molecule has 3 N–H and O–H groups in total. The molecule has 3 heterocycles. The van der Waals surface area contributed by atoms with Crippen molar-refractivity contribution in [2.24, 2.45) is 11.8 Å². The van der Waals surface area contributed by atoms with Gasteiger partial charge < -0.3 is 30.5 Å². The molecule has 1 aromatic heterocycles. The average molecular weight is 739 g/mol. The molecule has 17 heteroatoms. The van der Waals surface area contributed by atoms with E-state index in [0.717, 1.165) is 18.4 Å². The Morgan fingerprint density at radius 2 is 1.40 bits per heavy atom. The van der Waals surface area contributed by atoms with E-state index in [1.165, 1.54) is 29.2 Å². The van der Waals surface area contributed by atoms with Gasteiger partial charge in [0.05, 0.1) is 5.54 Å². The van der Waals surface area contributed by atoms with Crippen molar-refractivity contribution in [2.45, 2.75) is 24.6 Å². The van der Waals surface area contributed by atoms with Crippen LogP contribution in [-0.2, 0) is 15.1 Å². The first-order valence-corrected chi connectivity index (χ1v) is 16.7. The lowest BCUT2D eigenvalue weighted by atomic mass is 10.0. The van der Waals surface area contributed by atoms with Gasteiger partial charge in [-0.25, -0.2) is 4.39 Å². The molecule has 3 aliphatic rings. The van der Waals surface area contributed by atoms with Crippen molar-refractivity contribution in [2.75, 3.05) is 48.7 Å². The number of hydrogen-bond acceptors (Lipinski definition) is 9. The van der Waals surface area contributed by atoms with Gasteiger partial charge in [0.2, 0.25) is 11.9 Å². The van der Waals surface area contributed by atoms with E-state index < -0.39 is 42.0 Å². The summed E-state index contributed by atoms with van der Waals surface area (Å²) in [6, 6.07) is 18.2. The maximum Gasteiger partial charge on any atom is 0.422 e. The molecule has 7 rings (SSSR count). The first-order chi connectivity index (χ1) is 24.8. The Labute approximate surface area is 299 Å². The zero-order valence-electron chi connectivity index (χ0n) is 27.3. The van der Waals surface area contributed by atoms with Crippen molar-refractivity contribution in [1.82, 2.24) is 24.8 Å². The number of halogens is 5. The minimum Gasteiger partial charge on any atom is -0.454 e. The lowest BCUT2D eigenvalue weighted by Gasteiger charge is -2.22. The fraction of sp³-hybridized carbons (Fsp3) is 0.314. The van der Waals surface area contributed by atoms with Crippen LogP contribution < -0.4 is 20.7 Å². The maximum absolute atomic E-state index is 13.4. The third-order valence-corrected chi connectivity index (χ3v) is 9.47. The lowest BCUT2D eigenvalue weighted by Crippen LogP contribution is -2.40. The number of hydrogen-bond donors (Lipinski definition) is 3. The predicted octanol–water partition coefficient (Wildman–Crippen LogP) is 5.62. The number of aromatic nitrogens is 3. The van der Waals surface area contributed by atoms with Crippen LogP contribution in [0.25, 0.3) is 0 Å². The van der Waals surface area contributed by atoms with E-state index in [4.69, 9.17) is 16.3 Å². The number of carbonyl (C=O) groups excluding carboxylic acids is 3. The number of nitrogens with zero attached hydrogens (tertiary/aromatic N) is 5. The van der Waals surface area contributed by atoms with Gasteiger partial charge in [-0.15, -0.1) is 0 Å². The van der Waals surface area contributed by atoms with E-state index in [0.29, 0.717) is 48.1 Å². The van der Waals surface area contributed by atoms with Gasteiger partial charge in [-0.2, -0.15) is 28.1 Å². The van der Waals surface area contributed by atoms with Crippen LogP contribution in [-0.4, -0.2) is 81.4 Å². The molecule has 270 valence electrons. The molecule has 0 bridgehead atoms. The number of amides is 3. The molecule has 0 spiro atoms. The van der Waals surface area contributed by atoms with Gasteiger partial charge in [0.25, 0.3) is 5.91 Å². The summed E-state index contributed by atoms with van der Waals surface area (Å²) in [5.41, 5.74) is 1.57. The monoisotopic (exact) mass is 738 g/mol. The smallest absolute Gasteiger partial charge is 0.422 e. The first kappa shape index (κ1) is 34.9. The Bertz CT molecular complexity index is 1970. The summed E-state index contributed by atoms with van der Waals surface area (Å²) in [5.74, 6) is -2.22. The van der Waals surface area contributed by atoms with Crippen LogP contribution >= 0.6 is 11.6 Å².